The first-order valence-corrected chi connectivity index (χ1v) is 5.71. The Labute approximate surface area is 107 Å². The van der Waals surface area contributed by atoms with Crippen molar-refractivity contribution in [1.82, 2.24) is 9.80 Å². The number of benzene rings is 1. The van der Waals surface area contributed by atoms with Gasteiger partial charge in [0.05, 0.1) is 6.54 Å². The van der Waals surface area contributed by atoms with E-state index in [2.05, 4.69) is 0 Å². The Morgan fingerprint density at radius 1 is 1.39 bits per heavy atom. The van der Waals surface area contributed by atoms with Gasteiger partial charge in [-0.15, -0.1) is 0 Å². The van der Waals surface area contributed by atoms with Crippen LogP contribution in [0, 0.1) is 5.82 Å². The molecule has 0 heterocycles. The molecule has 0 saturated heterocycles. The van der Waals surface area contributed by atoms with Gasteiger partial charge in [-0.3, -0.25) is 9.69 Å². The van der Waals surface area contributed by atoms with E-state index >= 15 is 0 Å². The molecule has 1 aromatic rings. The van der Waals surface area contributed by atoms with Gasteiger partial charge in [-0.2, -0.15) is 0 Å². The standard InChI is InChI=1S/C13H19FN2O2/c1-9(16(4)8-13(18)15(2)3)11-6-5-10(17)7-12(11)14/h5-7,9,17H,8H2,1-4H3. The first kappa shape index (κ1) is 14.4. The summed E-state index contributed by atoms with van der Waals surface area (Å²) in [7, 11) is 5.13. The zero-order chi connectivity index (χ0) is 13.9. The Balaban J connectivity index is 2.80. The minimum absolute atomic E-state index is 0.0384. The maximum absolute atomic E-state index is 13.7. The molecule has 100 valence electrons. The number of carbonyl (C=O) groups is 1. The summed E-state index contributed by atoms with van der Waals surface area (Å²) in [5.74, 6) is -0.606. The molecule has 5 heteroatoms. The van der Waals surface area contributed by atoms with Crippen molar-refractivity contribution in [3.05, 3.63) is 29.6 Å². The lowest BCUT2D eigenvalue weighted by Gasteiger charge is -2.26. The van der Waals surface area contributed by atoms with Gasteiger partial charge in [-0.25, -0.2) is 4.39 Å². The van der Waals surface area contributed by atoms with E-state index in [1.165, 1.54) is 17.0 Å². The lowest BCUT2D eigenvalue weighted by atomic mass is 10.1. The largest absolute Gasteiger partial charge is 0.508 e. The summed E-state index contributed by atoms with van der Waals surface area (Å²) in [4.78, 5) is 14.8. The Morgan fingerprint density at radius 3 is 2.50 bits per heavy atom. The third-order valence-corrected chi connectivity index (χ3v) is 2.98. The van der Waals surface area contributed by atoms with Gasteiger partial charge in [-0.05, 0) is 20.0 Å². The molecule has 0 bridgehead atoms. The predicted molar refractivity (Wildman–Crippen MR) is 67.8 cm³/mol. The van der Waals surface area contributed by atoms with E-state index in [1.54, 1.807) is 26.0 Å². The highest BCUT2D eigenvalue weighted by Gasteiger charge is 2.18. The summed E-state index contributed by atoms with van der Waals surface area (Å²) in [5.41, 5.74) is 0.460. The van der Waals surface area contributed by atoms with E-state index in [1.807, 2.05) is 6.92 Å². The molecule has 1 N–H and O–H groups in total. The second-order valence-electron chi connectivity index (χ2n) is 4.59. The van der Waals surface area contributed by atoms with E-state index < -0.39 is 5.82 Å². The average molecular weight is 254 g/mol. The van der Waals surface area contributed by atoms with Crippen molar-refractivity contribution in [2.75, 3.05) is 27.7 Å². The molecule has 1 amide bonds. The summed E-state index contributed by atoms with van der Waals surface area (Å²) >= 11 is 0. The molecule has 0 aliphatic carbocycles. The third kappa shape index (κ3) is 3.43. The Bertz CT molecular complexity index is 435. The van der Waals surface area contributed by atoms with Crippen LogP contribution in [0.2, 0.25) is 0 Å². The maximum atomic E-state index is 13.7. The molecule has 0 aliphatic rings. The van der Waals surface area contributed by atoms with E-state index in [-0.39, 0.29) is 24.2 Å². The van der Waals surface area contributed by atoms with Crippen molar-refractivity contribution < 1.29 is 14.3 Å². The van der Waals surface area contributed by atoms with Crippen molar-refractivity contribution in [3.8, 4) is 5.75 Å². The molecule has 0 saturated carbocycles. The number of aromatic hydroxyl groups is 1. The van der Waals surface area contributed by atoms with Crippen LogP contribution in [0.1, 0.15) is 18.5 Å². The smallest absolute Gasteiger partial charge is 0.236 e. The highest BCUT2D eigenvalue weighted by Crippen LogP contribution is 2.24. The number of phenols is 1. The van der Waals surface area contributed by atoms with Crippen molar-refractivity contribution in [2.45, 2.75) is 13.0 Å². The quantitative estimate of drug-likeness (QED) is 0.887. The fourth-order valence-corrected chi connectivity index (χ4v) is 1.58. The van der Waals surface area contributed by atoms with Crippen LogP contribution < -0.4 is 0 Å². The van der Waals surface area contributed by atoms with Crippen molar-refractivity contribution in [3.63, 3.8) is 0 Å². The second kappa shape index (κ2) is 5.82. The van der Waals surface area contributed by atoms with Gasteiger partial charge in [0.15, 0.2) is 0 Å². The van der Waals surface area contributed by atoms with Crippen LogP contribution in [0.5, 0.6) is 5.75 Å². The molecule has 1 unspecified atom stereocenters. The second-order valence-corrected chi connectivity index (χ2v) is 4.59. The van der Waals surface area contributed by atoms with Gasteiger partial charge in [0.1, 0.15) is 11.6 Å². The molecular formula is C13H19FN2O2. The zero-order valence-corrected chi connectivity index (χ0v) is 11.1. The molecule has 1 aromatic carbocycles. The monoisotopic (exact) mass is 254 g/mol. The fraction of sp³-hybridized carbons (Fsp3) is 0.462. The lowest BCUT2D eigenvalue weighted by molar-refractivity contribution is -0.130. The molecule has 18 heavy (non-hydrogen) atoms. The third-order valence-electron chi connectivity index (χ3n) is 2.98. The number of likely N-dealkylation sites (N-methyl/N-ethyl adjacent to an activating group) is 2. The average Bonchev–Trinajstić information content (AvgIpc) is 2.27. The summed E-state index contributed by atoms with van der Waals surface area (Å²) in [5, 5.41) is 9.16. The number of amides is 1. The Kier molecular flexibility index (Phi) is 4.67. The van der Waals surface area contributed by atoms with Crippen molar-refractivity contribution in [1.29, 1.82) is 0 Å². The van der Waals surface area contributed by atoms with Crippen molar-refractivity contribution in [2.24, 2.45) is 0 Å². The topological polar surface area (TPSA) is 43.8 Å². The van der Waals surface area contributed by atoms with Crippen LogP contribution in [0.15, 0.2) is 18.2 Å². The number of nitrogens with zero attached hydrogens (tertiary/aromatic N) is 2. The van der Waals surface area contributed by atoms with Crippen LogP contribution in [0.4, 0.5) is 4.39 Å². The van der Waals surface area contributed by atoms with Gasteiger partial charge < -0.3 is 10.0 Å². The number of carbonyl (C=O) groups excluding carboxylic acids is 1. The molecule has 1 atom stereocenters. The zero-order valence-electron chi connectivity index (χ0n) is 11.1. The van der Waals surface area contributed by atoms with Gasteiger partial charge in [-0.1, -0.05) is 6.07 Å². The molecule has 4 nitrogen and oxygen atoms in total. The first-order valence-electron chi connectivity index (χ1n) is 5.71. The maximum Gasteiger partial charge on any atom is 0.236 e. The van der Waals surface area contributed by atoms with E-state index in [9.17, 15) is 9.18 Å². The minimum Gasteiger partial charge on any atom is -0.508 e. The molecule has 0 fully saturated rings. The molecule has 1 rings (SSSR count). The molecule has 0 aromatic heterocycles. The highest BCUT2D eigenvalue weighted by atomic mass is 19.1. The fourth-order valence-electron chi connectivity index (χ4n) is 1.58. The number of hydrogen-bond donors (Lipinski definition) is 1. The summed E-state index contributed by atoms with van der Waals surface area (Å²) in [6.45, 7) is 2.03. The predicted octanol–water partition coefficient (Wildman–Crippen LogP) is 1.61. The number of halogens is 1. The van der Waals surface area contributed by atoms with Gasteiger partial charge in [0.2, 0.25) is 5.91 Å². The molecule has 0 spiro atoms. The number of hydrogen-bond acceptors (Lipinski definition) is 3. The molecule has 0 radical (unpaired) electrons. The van der Waals surface area contributed by atoms with Crippen LogP contribution in [-0.2, 0) is 4.79 Å². The molecular weight excluding hydrogens is 235 g/mol. The van der Waals surface area contributed by atoms with Crippen LogP contribution in [-0.4, -0.2) is 48.5 Å². The summed E-state index contributed by atoms with van der Waals surface area (Å²) in [6, 6.07) is 3.81. The van der Waals surface area contributed by atoms with Crippen molar-refractivity contribution >= 4 is 5.91 Å². The Morgan fingerprint density at radius 2 is 2.00 bits per heavy atom. The van der Waals surface area contributed by atoms with Crippen LogP contribution >= 0.6 is 0 Å². The summed E-state index contributed by atoms with van der Waals surface area (Å²) in [6.07, 6.45) is 0. The van der Waals surface area contributed by atoms with Gasteiger partial charge in [0.25, 0.3) is 0 Å². The number of rotatable bonds is 4. The Hall–Kier alpha value is -1.62. The highest BCUT2D eigenvalue weighted by molar-refractivity contribution is 5.77. The van der Waals surface area contributed by atoms with Gasteiger partial charge >= 0.3 is 0 Å². The minimum atomic E-state index is -0.466. The normalized spacial score (nSPS) is 12.6. The van der Waals surface area contributed by atoms with E-state index in [0.29, 0.717) is 5.56 Å². The molecule has 0 aliphatic heterocycles. The summed E-state index contributed by atoms with van der Waals surface area (Å²) < 4.78 is 13.7. The SMILES string of the molecule is CC(c1ccc(O)cc1F)N(C)CC(=O)N(C)C. The first-order chi connectivity index (χ1) is 8.32. The van der Waals surface area contributed by atoms with Gasteiger partial charge in [0, 0.05) is 31.8 Å². The van der Waals surface area contributed by atoms with E-state index in [4.69, 9.17) is 5.11 Å². The van der Waals surface area contributed by atoms with E-state index in [0.717, 1.165) is 6.07 Å². The number of phenolic OH excluding ortho intramolecular Hbond substituents is 1. The van der Waals surface area contributed by atoms with Crippen LogP contribution in [0.3, 0.4) is 0 Å². The lowest BCUT2D eigenvalue weighted by Crippen LogP contribution is -2.35. The van der Waals surface area contributed by atoms with Crippen LogP contribution in [0.25, 0.3) is 0 Å².